The quantitative estimate of drug-likeness (QED) is 0.353. The third-order valence-corrected chi connectivity index (χ3v) is 5.36. The van der Waals surface area contributed by atoms with Crippen LogP contribution in [0.5, 0.6) is 0 Å². The van der Waals surface area contributed by atoms with E-state index in [0.717, 1.165) is 50.7 Å². The molecule has 0 spiro atoms. The lowest BCUT2D eigenvalue weighted by atomic mass is 10.0. The summed E-state index contributed by atoms with van der Waals surface area (Å²) in [5.74, 6) is 1.85. The van der Waals surface area contributed by atoms with Gasteiger partial charge in [0.1, 0.15) is 11.7 Å². The van der Waals surface area contributed by atoms with E-state index in [1.165, 1.54) is 25.7 Å². The molecule has 0 aromatic heterocycles. The van der Waals surface area contributed by atoms with Gasteiger partial charge in [-0.3, -0.25) is 10.8 Å². The maximum atomic E-state index is 8.36. The summed E-state index contributed by atoms with van der Waals surface area (Å²) in [6.07, 6.45) is 6.70. The summed E-state index contributed by atoms with van der Waals surface area (Å²) in [6.45, 7) is 9.58. The average molecular weight is 407 g/mol. The van der Waals surface area contributed by atoms with Crippen molar-refractivity contribution in [3.05, 3.63) is 0 Å². The van der Waals surface area contributed by atoms with E-state index in [0.29, 0.717) is 13.1 Å². The van der Waals surface area contributed by atoms with Crippen LogP contribution in [0.2, 0.25) is 0 Å². The van der Waals surface area contributed by atoms with E-state index in [-0.39, 0.29) is 36.6 Å². The Hall–Kier alpha value is -0.880. The second-order valence-electron chi connectivity index (χ2n) is 7.02. The van der Waals surface area contributed by atoms with Crippen LogP contribution in [0.25, 0.3) is 0 Å². The highest BCUT2D eigenvalue weighted by Gasteiger charge is 2.23. The Morgan fingerprint density at radius 3 is 1.31 bits per heavy atom. The predicted molar refractivity (Wildman–Crippen MR) is 114 cm³/mol. The SMILES string of the molecule is CCC(CN=NCC(CC)C(=N)N1CCCC1)C(=N)N1CCCC1.Cl.Cl. The van der Waals surface area contributed by atoms with Crippen molar-refractivity contribution in [2.45, 2.75) is 52.4 Å². The summed E-state index contributed by atoms with van der Waals surface area (Å²) in [6, 6.07) is 0. The zero-order valence-electron chi connectivity index (χ0n) is 16.2. The zero-order chi connectivity index (χ0) is 17.4. The van der Waals surface area contributed by atoms with Crippen LogP contribution >= 0.6 is 24.8 Å². The lowest BCUT2D eigenvalue weighted by molar-refractivity contribution is 0.454. The van der Waals surface area contributed by atoms with Gasteiger partial charge in [-0.1, -0.05) is 13.8 Å². The fourth-order valence-electron chi connectivity index (χ4n) is 3.56. The lowest BCUT2D eigenvalue weighted by Crippen LogP contribution is -2.34. The molecule has 8 heteroatoms. The van der Waals surface area contributed by atoms with Gasteiger partial charge >= 0.3 is 0 Å². The highest BCUT2D eigenvalue weighted by atomic mass is 35.5. The second kappa shape index (κ2) is 13.3. The number of likely N-dealkylation sites (tertiary alicyclic amines) is 2. The monoisotopic (exact) mass is 406 g/mol. The van der Waals surface area contributed by atoms with Gasteiger partial charge in [0.25, 0.3) is 0 Å². The minimum absolute atomic E-state index is 0. The molecule has 0 aliphatic carbocycles. The highest BCUT2D eigenvalue weighted by molar-refractivity contribution is 5.85. The maximum absolute atomic E-state index is 8.36. The normalized spacial score (nSPS) is 19.2. The summed E-state index contributed by atoms with van der Waals surface area (Å²) in [7, 11) is 0. The summed E-state index contributed by atoms with van der Waals surface area (Å²) < 4.78 is 0. The average Bonchev–Trinajstić information content (AvgIpc) is 3.31. The standard InChI is InChI=1S/C18H34N6.2ClH/c1-3-15(17(19)23-9-5-6-10-23)13-21-22-14-16(4-2)18(20)24-11-7-8-12-24;;/h15-16,19-20H,3-14H2,1-2H3;2*1H. The van der Waals surface area contributed by atoms with Gasteiger partial charge in [0.05, 0.1) is 13.1 Å². The van der Waals surface area contributed by atoms with E-state index in [2.05, 4.69) is 33.9 Å². The van der Waals surface area contributed by atoms with Gasteiger partial charge in [0, 0.05) is 38.0 Å². The molecule has 2 heterocycles. The number of azo groups is 1. The van der Waals surface area contributed by atoms with E-state index < -0.39 is 0 Å². The molecule has 2 saturated heterocycles. The van der Waals surface area contributed by atoms with E-state index in [9.17, 15) is 0 Å². The van der Waals surface area contributed by atoms with Crippen LogP contribution in [-0.4, -0.2) is 60.7 Å². The largest absolute Gasteiger partial charge is 0.360 e. The third-order valence-electron chi connectivity index (χ3n) is 5.36. The molecule has 2 rings (SSSR count). The molecule has 2 unspecified atom stereocenters. The van der Waals surface area contributed by atoms with Gasteiger partial charge in [-0.25, -0.2) is 0 Å². The first-order chi connectivity index (χ1) is 11.7. The van der Waals surface area contributed by atoms with Crippen LogP contribution < -0.4 is 0 Å². The van der Waals surface area contributed by atoms with Gasteiger partial charge in [-0.15, -0.1) is 24.8 Å². The van der Waals surface area contributed by atoms with Crippen LogP contribution in [0.1, 0.15) is 52.4 Å². The first-order valence-electron chi connectivity index (χ1n) is 9.67. The Kier molecular flexibility index (Phi) is 12.9. The van der Waals surface area contributed by atoms with Crippen molar-refractivity contribution in [3.63, 3.8) is 0 Å². The van der Waals surface area contributed by atoms with Gasteiger partial charge in [-0.2, -0.15) is 10.2 Å². The summed E-state index contributed by atoms with van der Waals surface area (Å²) in [5.41, 5.74) is 0. The van der Waals surface area contributed by atoms with Crippen molar-refractivity contribution in [1.82, 2.24) is 9.80 Å². The molecular formula is C18H36Cl2N6. The van der Waals surface area contributed by atoms with Gasteiger partial charge in [0.2, 0.25) is 0 Å². The van der Waals surface area contributed by atoms with Crippen molar-refractivity contribution < 1.29 is 0 Å². The number of hydrogen-bond donors (Lipinski definition) is 2. The van der Waals surface area contributed by atoms with Gasteiger partial charge < -0.3 is 9.80 Å². The summed E-state index contributed by atoms with van der Waals surface area (Å²) >= 11 is 0. The molecule has 0 aromatic carbocycles. The Morgan fingerprint density at radius 2 is 1.04 bits per heavy atom. The van der Waals surface area contributed by atoms with Crippen molar-refractivity contribution >= 4 is 36.5 Å². The maximum Gasteiger partial charge on any atom is 0.101 e. The van der Waals surface area contributed by atoms with E-state index in [1.807, 2.05) is 0 Å². The highest BCUT2D eigenvalue weighted by Crippen LogP contribution is 2.17. The lowest BCUT2D eigenvalue weighted by Gasteiger charge is -2.24. The molecular weight excluding hydrogens is 371 g/mol. The Labute approximate surface area is 171 Å². The fraction of sp³-hybridized carbons (Fsp3) is 0.889. The van der Waals surface area contributed by atoms with Crippen molar-refractivity contribution in [2.24, 2.45) is 22.1 Å². The molecule has 2 fully saturated rings. The first-order valence-corrected chi connectivity index (χ1v) is 9.67. The van der Waals surface area contributed by atoms with Crippen LogP contribution in [0.4, 0.5) is 0 Å². The molecule has 2 aliphatic heterocycles. The topological polar surface area (TPSA) is 78.9 Å². The fourth-order valence-corrected chi connectivity index (χ4v) is 3.56. The molecule has 0 amide bonds. The van der Waals surface area contributed by atoms with E-state index in [1.54, 1.807) is 0 Å². The second-order valence-corrected chi connectivity index (χ2v) is 7.02. The first kappa shape index (κ1) is 25.1. The molecule has 0 aromatic rings. The molecule has 2 aliphatic rings. The number of nitrogens with zero attached hydrogens (tertiary/aromatic N) is 4. The Morgan fingerprint density at radius 1 is 0.731 bits per heavy atom. The number of hydrogen-bond acceptors (Lipinski definition) is 4. The van der Waals surface area contributed by atoms with Gasteiger partial charge in [0.15, 0.2) is 0 Å². The van der Waals surface area contributed by atoms with Crippen molar-refractivity contribution in [2.75, 3.05) is 39.3 Å². The number of rotatable bonds is 8. The van der Waals surface area contributed by atoms with E-state index in [4.69, 9.17) is 10.8 Å². The third kappa shape index (κ3) is 7.03. The van der Waals surface area contributed by atoms with Crippen molar-refractivity contribution in [1.29, 1.82) is 10.8 Å². The molecule has 2 N–H and O–H groups in total. The van der Waals surface area contributed by atoms with Crippen LogP contribution in [-0.2, 0) is 0 Å². The molecule has 0 bridgehead atoms. The minimum atomic E-state index is 0. The minimum Gasteiger partial charge on any atom is -0.360 e. The van der Waals surface area contributed by atoms with Crippen LogP contribution in [0.15, 0.2) is 10.2 Å². The Balaban J connectivity index is 0.00000312. The van der Waals surface area contributed by atoms with E-state index >= 15 is 0 Å². The van der Waals surface area contributed by atoms with Crippen molar-refractivity contribution in [3.8, 4) is 0 Å². The van der Waals surface area contributed by atoms with Crippen LogP contribution in [0, 0.1) is 22.7 Å². The number of nitrogens with one attached hydrogen (secondary N) is 2. The number of amidine groups is 2. The molecule has 26 heavy (non-hydrogen) atoms. The smallest absolute Gasteiger partial charge is 0.101 e. The predicted octanol–water partition coefficient (Wildman–Crippen LogP) is 4.48. The Bertz CT molecular complexity index is 405. The number of halogens is 2. The molecule has 0 saturated carbocycles. The molecule has 152 valence electrons. The molecule has 0 radical (unpaired) electrons. The summed E-state index contributed by atoms with van der Waals surface area (Å²) in [5, 5.41) is 25.5. The molecule has 6 nitrogen and oxygen atoms in total. The van der Waals surface area contributed by atoms with Crippen LogP contribution in [0.3, 0.4) is 0 Å². The summed E-state index contributed by atoms with van der Waals surface area (Å²) in [4.78, 5) is 4.39. The zero-order valence-corrected chi connectivity index (χ0v) is 17.9. The van der Waals surface area contributed by atoms with Gasteiger partial charge in [-0.05, 0) is 38.5 Å². The molecule has 2 atom stereocenters.